The Morgan fingerprint density at radius 3 is 2.60 bits per heavy atom. The molecule has 3 rings (SSSR count). The number of thioether (sulfide) groups is 1. The molecule has 0 radical (unpaired) electrons. The van der Waals surface area contributed by atoms with Crippen molar-refractivity contribution < 1.29 is 14.3 Å². The normalized spacial score (nSPS) is 14.7. The van der Waals surface area contributed by atoms with Crippen molar-refractivity contribution in [3.63, 3.8) is 0 Å². The Morgan fingerprint density at radius 1 is 1.23 bits per heavy atom. The number of aryl methyl sites for hydroxylation is 1. The van der Waals surface area contributed by atoms with E-state index >= 15 is 0 Å². The van der Waals surface area contributed by atoms with Crippen LogP contribution in [-0.2, 0) is 22.5 Å². The highest BCUT2D eigenvalue weighted by Crippen LogP contribution is 2.35. The summed E-state index contributed by atoms with van der Waals surface area (Å²) in [4.78, 5) is 25.9. The smallest absolute Gasteiger partial charge is 0.341 e. The number of hydrogen-bond acceptors (Lipinski definition) is 7. The third-order valence-electron chi connectivity index (χ3n) is 5.57. The van der Waals surface area contributed by atoms with E-state index in [2.05, 4.69) is 27.0 Å². The summed E-state index contributed by atoms with van der Waals surface area (Å²) in [5, 5.41) is 13.0. The van der Waals surface area contributed by atoms with E-state index in [0.29, 0.717) is 22.9 Å². The van der Waals surface area contributed by atoms with Crippen molar-refractivity contribution in [2.24, 2.45) is 0 Å². The number of amides is 1. The number of rotatable bonds is 8. The molecule has 1 amide bonds. The molecule has 9 heteroatoms. The zero-order chi connectivity index (χ0) is 21.7. The lowest BCUT2D eigenvalue weighted by Crippen LogP contribution is -2.17. The minimum Gasteiger partial charge on any atom is -0.465 e. The van der Waals surface area contributed by atoms with Crippen LogP contribution in [0.2, 0.25) is 0 Å². The maximum Gasteiger partial charge on any atom is 0.341 e. The van der Waals surface area contributed by atoms with Crippen LogP contribution in [0, 0.1) is 6.92 Å². The fraction of sp³-hybridized carbons (Fsp3) is 0.619. The number of hydrogen-bond donors (Lipinski definition) is 1. The average Bonchev–Trinajstić information content (AvgIpc) is 3.31. The lowest BCUT2D eigenvalue weighted by atomic mass is 9.89. The summed E-state index contributed by atoms with van der Waals surface area (Å²) in [6.45, 7) is 6.82. The minimum absolute atomic E-state index is 0.168. The van der Waals surface area contributed by atoms with Crippen molar-refractivity contribution >= 4 is 40.0 Å². The summed E-state index contributed by atoms with van der Waals surface area (Å²) in [7, 11) is 1.36. The van der Waals surface area contributed by atoms with Gasteiger partial charge in [-0.05, 0) is 38.7 Å². The number of esters is 1. The summed E-state index contributed by atoms with van der Waals surface area (Å²) in [6.07, 6.45) is 6.83. The highest BCUT2D eigenvalue weighted by molar-refractivity contribution is 7.99. The van der Waals surface area contributed by atoms with Crippen LogP contribution in [0.1, 0.15) is 78.5 Å². The van der Waals surface area contributed by atoms with Gasteiger partial charge in [0.05, 0.1) is 18.4 Å². The van der Waals surface area contributed by atoms with Crippen molar-refractivity contribution in [1.29, 1.82) is 0 Å². The first-order chi connectivity index (χ1) is 14.5. The Hall–Kier alpha value is -1.87. The predicted octanol–water partition coefficient (Wildman–Crippen LogP) is 4.80. The number of ether oxygens (including phenoxy) is 1. The van der Waals surface area contributed by atoms with Gasteiger partial charge in [-0.1, -0.05) is 37.9 Å². The topological polar surface area (TPSA) is 86.1 Å². The lowest BCUT2D eigenvalue weighted by Gasteiger charge is -2.21. The van der Waals surface area contributed by atoms with Crippen LogP contribution in [0.15, 0.2) is 5.16 Å². The van der Waals surface area contributed by atoms with E-state index < -0.39 is 5.97 Å². The van der Waals surface area contributed by atoms with Crippen molar-refractivity contribution in [3.8, 4) is 0 Å². The maximum absolute atomic E-state index is 12.6. The molecule has 2 heterocycles. The van der Waals surface area contributed by atoms with Crippen molar-refractivity contribution in [1.82, 2.24) is 14.8 Å². The van der Waals surface area contributed by atoms with Gasteiger partial charge in [-0.3, -0.25) is 4.79 Å². The molecule has 0 saturated heterocycles. The first-order valence-electron chi connectivity index (χ1n) is 10.6. The molecule has 0 unspecified atom stereocenters. The molecule has 1 aliphatic rings. The van der Waals surface area contributed by atoms with Gasteiger partial charge in [-0.25, -0.2) is 4.79 Å². The van der Waals surface area contributed by atoms with Crippen LogP contribution < -0.4 is 5.32 Å². The Balaban J connectivity index is 1.68. The first-order valence-corrected chi connectivity index (χ1v) is 12.4. The van der Waals surface area contributed by atoms with Crippen LogP contribution in [0.5, 0.6) is 0 Å². The van der Waals surface area contributed by atoms with E-state index in [1.54, 1.807) is 0 Å². The number of thiophene rings is 1. The SMILES string of the molecule is CCc1c(C)sc(NC(=O)CSc2nnc(C3CCCCC3)n2CC)c1C(=O)OC. The number of nitrogens with one attached hydrogen (secondary N) is 1. The standard InChI is InChI=1S/C21H30N4O3S2/c1-5-15-13(3)30-19(17(15)20(27)28-4)22-16(26)12-29-21-24-23-18(25(21)6-2)14-10-8-7-9-11-14/h14H,5-12H2,1-4H3,(H,22,26). The van der Waals surface area contributed by atoms with E-state index in [1.807, 2.05) is 13.8 Å². The molecule has 0 aliphatic heterocycles. The molecule has 7 nitrogen and oxygen atoms in total. The van der Waals surface area contributed by atoms with Crippen LogP contribution in [0.25, 0.3) is 0 Å². The highest BCUT2D eigenvalue weighted by Gasteiger charge is 2.25. The Bertz CT molecular complexity index is 900. The van der Waals surface area contributed by atoms with Gasteiger partial charge >= 0.3 is 5.97 Å². The number of aromatic nitrogens is 3. The largest absolute Gasteiger partial charge is 0.465 e. The van der Waals surface area contributed by atoms with Crippen LogP contribution in [-0.4, -0.2) is 39.5 Å². The van der Waals surface area contributed by atoms with Gasteiger partial charge in [0.1, 0.15) is 10.8 Å². The maximum atomic E-state index is 12.6. The fourth-order valence-corrected chi connectivity index (χ4v) is 6.03. The third kappa shape index (κ3) is 4.88. The number of nitrogens with zero attached hydrogens (tertiary/aromatic N) is 3. The molecule has 2 aromatic heterocycles. The zero-order valence-corrected chi connectivity index (χ0v) is 19.8. The quantitative estimate of drug-likeness (QED) is 0.459. The first kappa shape index (κ1) is 22.8. The lowest BCUT2D eigenvalue weighted by molar-refractivity contribution is -0.113. The summed E-state index contributed by atoms with van der Waals surface area (Å²) in [5.74, 6) is 1.15. The van der Waals surface area contributed by atoms with Gasteiger partial charge in [0.2, 0.25) is 5.91 Å². The molecule has 1 saturated carbocycles. The van der Waals surface area contributed by atoms with E-state index in [0.717, 1.165) is 40.8 Å². The van der Waals surface area contributed by atoms with Gasteiger partial charge in [0.15, 0.2) is 5.16 Å². The molecule has 30 heavy (non-hydrogen) atoms. The number of methoxy groups -OCH3 is 1. The van der Waals surface area contributed by atoms with Gasteiger partial charge < -0.3 is 14.6 Å². The molecular weight excluding hydrogens is 420 g/mol. The van der Waals surface area contributed by atoms with Gasteiger partial charge in [-0.15, -0.1) is 21.5 Å². The van der Waals surface area contributed by atoms with E-state index in [4.69, 9.17) is 4.74 Å². The summed E-state index contributed by atoms with van der Waals surface area (Å²) >= 11 is 2.80. The zero-order valence-electron chi connectivity index (χ0n) is 18.1. The number of carbonyl (C=O) groups is 2. The second kappa shape index (κ2) is 10.4. The van der Waals surface area contributed by atoms with Crippen LogP contribution in [0.4, 0.5) is 5.00 Å². The van der Waals surface area contributed by atoms with Gasteiger partial charge in [-0.2, -0.15) is 0 Å². The van der Waals surface area contributed by atoms with Crippen molar-refractivity contribution in [2.45, 2.75) is 76.9 Å². The Labute approximate surface area is 186 Å². The van der Waals surface area contributed by atoms with Crippen LogP contribution >= 0.6 is 23.1 Å². The second-order valence-corrected chi connectivity index (χ2v) is 9.61. The van der Waals surface area contributed by atoms with E-state index in [1.165, 1.54) is 49.5 Å². The molecule has 0 aromatic carbocycles. The predicted molar refractivity (Wildman–Crippen MR) is 121 cm³/mol. The molecule has 1 fully saturated rings. The number of anilines is 1. The van der Waals surface area contributed by atoms with Gasteiger partial charge in [0, 0.05) is 17.3 Å². The third-order valence-corrected chi connectivity index (χ3v) is 7.60. The monoisotopic (exact) mass is 450 g/mol. The Kier molecular flexibility index (Phi) is 7.93. The molecule has 0 spiro atoms. The molecular formula is C21H30N4O3S2. The molecule has 164 valence electrons. The number of carbonyl (C=O) groups excluding carboxylic acids is 2. The average molecular weight is 451 g/mol. The fourth-order valence-electron chi connectivity index (χ4n) is 4.07. The molecule has 2 aromatic rings. The molecule has 0 atom stereocenters. The van der Waals surface area contributed by atoms with Crippen molar-refractivity contribution in [2.75, 3.05) is 18.2 Å². The second-order valence-electron chi connectivity index (χ2n) is 7.44. The van der Waals surface area contributed by atoms with E-state index in [9.17, 15) is 9.59 Å². The summed E-state index contributed by atoms with van der Waals surface area (Å²) in [6, 6.07) is 0. The minimum atomic E-state index is -0.415. The summed E-state index contributed by atoms with van der Waals surface area (Å²) < 4.78 is 7.06. The van der Waals surface area contributed by atoms with Crippen molar-refractivity contribution in [3.05, 3.63) is 21.8 Å². The summed E-state index contributed by atoms with van der Waals surface area (Å²) in [5.41, 5.74) is 1.40. The molecule has 1 aliphatic carbocycles. The molecule has 0 bridgehead atoms. The highest BCUT2D eigenvalue weighted by atomic mass is 32.2. The van der Waals surface area contributed by atoms with Gasteiger partial charge in [0.25, 0.3) is 0 Å². The Morgan fingerprint density at radius 2 is 1.97 bits per heavy atom. The van der Waals surface area contributed by atoms with Crippen LogP contribution in [0.3, 0.4) is 0 Å². The molecule has 1 N–H and O–H groups in total. The van der Waals surface area contributed by atoms with E-state index in [-0.39, 0.29) is 11.7 Å².